The van der Waals surface area contributed by atoms with Gasteiger partial charge in [-0.15, -0.1) is 0 Å². The van der Waals surface area contributed by atoms with Gasteiger partial charge in [-0.2, -0.15) is 0 Å². The number of fused-ring (bicyclic) bond motifs is 2. The molecule has 4 aromatic rings. The molecule has 40 heavy (non-hydrogen) atoms. The molecule has 1 N–H and O–H groups in total. The average Bonchev–Trinajstić information content (AvgIpc) is 3.43. The van der Waals surface area contributed by atoms with Gasteiger partial charge in [0.2, 0.25) is 12.7 Å². The molecule has 0 fully saturated rings. The van der Waals surface area contributed by atoms with Crippen LogP contribution < -0.4 is 25.1 Å². The van der Waals surface area contributed by atoms with Crippen LogP contribution in [0, 0.1) is 10.1 Å². The predicted molar refractivity (Wildman–Crippen MR) is 149 cm³/mol. The second-order valence-corrected chi connectivity index (χ2v) is 9.96. The van der Waals surface area contributed by atoms with Crippen LogP contribution in [0.4, 0.5) is 5.69 Å². The summed E-state index contributed by atoms with van der Waals surface area (Å²) in [5.74, 6) is 1.97. The first-order chi connectivity index (χ1) is 19.4. The van der Waals surface area contributed by atoms with Crippen molar-refractivity contribution in [2.45, 2.75) is 36.8 Å². The van der Waals surface area contributed by atoms with Crippen LogP contribution >= 0.6 is 11.8 Å². The van der Waals surface area contributed by atoms with Crippen LogP contribution in [0.1, 0.15) is 24.0 Å². The number of hydrogen-bond donors (Lipinski definition) is 1. The molecule has 0 saturated heterocycles. The number of thioether (sulfide) groups is 1. The topological polar surface area (TPSA) is 135 Å². The quantitative estimate of drug-likeness (QED) is 0.122. The van der Waals surface area contributed by atoms with E-state index in [4.69, 9.17) is 19.2 Å². The standard InChI is InChI=1S/C28H26N4O7S/c1-37-21-9-7-18(8-10-21)15-29-26(33)6-3-11-31-27(34)22-13-24-25(39-17-38-24)14-23(22)30-28(31)40-16-19-4-2-5-20(12-19)32(35)36/h2,4-5,7-10,12-14H,3,6,11,15-17H2,1H3,(H,29,33). The van der Waals surface area contributed by atoms with Crippen molar-refractivity contribution >= 4 is 34.3 Å². The highest BCUT2D eigenvalue weighted by atomic mass is 32.2. The zero-order valence-corrected chi connectivity index (χ0v) is 22.4. The Bertz CT molecular complexity index is 1620. The van der Waals surface area contributed by atoms with Crippen molar-refractivity contribution in [3.8, 4) is 17.2 Å². The molecule has 1 amide bonds. The fraction of sp³-hybridized carbons (Fsp3) is 0.250. The Morgan fingerprint density at radius 3 is 2.65 bits per heavy atom. The van der Waals surface area contributed by atoms with Crippen LogP contribution in [0.3, 0.4) is 0 Å². The van der Waals surface area contributed by atoms with Gasteiger partial charge in [0.25, 0.3) is 11.2 Å². The number of nitro groups is 1. The molecule has 0 atom stereocenters. The van der Waals surface area contributed by atoms with Crippen molar-refractivity contribution < 1.29 is 23.9 Å². The molecule has 206 valence electrons. The van der Waals surface area contributed by atoms with Crippen molar-refractivity contribution in [3.05, 3.63) is 92.3 Å². The van der Waals surface area contributed by atoms with E-state index < -0.39 is 4.92 Å². The maximum atomic E-state index is 13.6. The summed E-state index contributed by atoms with van der Waals surface area (Å²) in [5, 5.41) is 14.9. The van der Waals surface area contributed by atoms with Crippen LogP contribution in [0.5, 0.6) is 17.2 Å². The average molecular weight is 563 g/mol. The van der Waals surface area contributed by atoms with Crippen LogP contribution in [0.15, 0.2) is 70.6 Å². The molecular weight excluding hydrogens is 536 g/mol. The predicted octanol–water partition coefficient (Wildman–Crippen LogP) is 4.43. The molecule has 12 heteroatoms. The van der Waals surface area contributed by atoms with Gasteiger partial charge < -0.3 is 19.5 Å². The summed E-state index contributed by atoms with van der Waals surface area (Å²) in [4.78, 5) is 41.5. The maximum absolute atomic E-state index is 13.6. The molecule has 1 aromatic heterocycles. The van der Waals surface area contributed by atoms with Crippen molar-refractivity contribution in [3.63, 3.8) is 0 Å². The first-order valence-corrected chi connectivity index (χ1v) is 13.5. The van der Waals surface area contributed by atoms with Gasteiger partial charge in [0.05, 0.1) is 22.9 Å². The lowest BCUT2D eigenvalue weighted by atomic mass is 10.2. The molecule has 11 nitrogen and oxygen atoms in total. The van der Waals surface area contributed by atoms with Crippen LogP contribution in [0.25, 0.3) is 10.9 Å². The van der Waals surface area contributed by atoms with Crippen LogP contribution in [0.2, 0.25) is 0 Å². The second kappa shape index (κ2) is 12.1. The lowest BCUT2D eigenvalue weighted by Crippen LogP contribution is -2.26. The Morgan fingerprint density at radius 1 is 1.12 bits per heavy atom. The van der Waals surface area contributed by atoms with Crippen molar-refractivity contribution in [2.24, 2.45) is 0 Å². The normalized spacial score (nSPS) is 11.9. The van der Waals surface area contributed by atoms with Gasteiger partial charge in [-0.3, -0.25) is 24.3 Å². The number of amides is 1. The Kier molecular flexibility index (Phi) is 8.15. The molecule has 0 bridgehead atoms. The first kappa shape index (κ1) is 27.0. The minimum Gasteiger partial charge on any atom is -0.497 e. The zero-order chi connectivity index (χ0) is 28.1. The lowest BCUT2D eigenvalue weighted by molar-refractivity contribution is -0.384. The van der Waals surface area contributed by atoms with Gasteiger partial charge in [0, 0.05) is 43.5 Å². The molecule has 0 unspecified atom stereocenters. The number of nitrogens with one attached hydrogen (secondary N) is 1. The van der Waals surface area contributed by atoms with Crippen molar-refractivity contribution in [1.82, 2.24) is 14.9 Å². The van der Waals surface area contributed by atoms with Gasteiger partial charge in [-0.05, 0) is 35.7 Å². The van der Waals surface area contributed by atoms with E-state index in [-0.39, 0.29) is 36.9 Å². The first-order valence-electron chi connectivity index (χ1n) is 12.5. The smallest absolute Gasteiger partial charge is 0.269 e. The number of carbonyl (C=O) groups excluding carboxylic acids is 1. The summed E-state index contributed by atoms with van der Waals surface area (Å²) in [7, 11) is 1.60. The highest BCUT2D eigenvalue weighted by Crippen LogP contribution is 2.35. The number of nitrogens with zero attached hydrogens (tertiary/aromatic N) is 3. The molecular formula is C28H26N4O7S. The monoisotopic (exact) mass is 562 g/mol. The Labute approximate surface area is 233 Å². The number of carbonyl (C=O) groups is 1. The van der Waals surface area contributed by atoms with Crippen LogP contribution in [-0.4, -0.2) is 34.3 Å². The summed E-state index contributed by atoms with van der Waals surface area (Å²) in [6.07, 6.45) is 0.632. The Balaban J connectivity index is 1.31. The van der Waals surface area contributed by atoms with Gasteiger partial charge >= 0.3 is 0 Å². The zero-order valence-electron chi connectivity index (χ0n) is 21.6. The van der Waals surface area contributed by atoms with Gasteiger partial charge in [-0.1, -0.05) is 36.0 Å². The summed E-state index contributed by atoms with van der Waals surface area (Å²) in [5.41, 5.74) is 1.87. The number of nitro benzene ring substituents is 1. The summed E-state index contributed by atoms with van der Waals surface area (Å²) in [6, 6.07) is 17.1. The van der Waals surface area contributed by atoms with E-state index in [1.807, 2.05) is 24.3 Å². The lowest BCUT2D eigenvalue weighted by Gasteiger charge is -2.14. The number of benzene rings is 3. The fourth-order valence-electron chi connectivity index (χ4n) is 4.24. The van der Waals surface area contributed by atoms with E-state index in [1.54, 1.807) is 35.9 Å². The van der Waals surface area contributed by atoms with E-state index >= 15 is 0 Å². The van der Waals surface area contributed by atoms with E-state index in [1.165, 1.54) is 23.9 Å². The molecule has 3 aromatic carbocycles. The molecule has 0 aliphatic carbocycles. The van der Waals surface area contributed by atoms with Gasteiger partial charge in [0.15, 0.2) is 16.7 Å². The molecule has 2 heterocycles. The number of methoxy groups -OCH3 is 1. The Hall–Kier alpha value is -4.58. The van der Waals surface area contributed by atoms with Crippen molar-refractivity contribution in [2.75, 3.05) is 13.9 Å². The third kappa shape index (κ3) is 6.18. The highest BCUT2D eigenvalue weighted by molar-refractivity contribution is 7.98. The Morgan fingerprint density at radius 2 is 1.90 bits per heavy atom. The fourth-order valence-corrected chi connectivity index (χ4v) is 5.20. The van der Waals surface area contributed by atoms with E-state index in [0.29, 0.717) is 46.3 Å². The number of non-ortho nitro benzene ring substituents is 1. The summed E-state index contributed by atoms with van der Waals surface area (Å²) >= 11 is 1.30. The summed E-state index contributed by atoms with van der Waals surface area (Å²) in [6.45, 7) is 0.723. The molecule has 0 radical (unpaired) electrons. The summed E-state index contributed by atoms with van der Waals surface area (Å²) < 4.78 is 17.6. The molecule has 5 rings (SSSR count). The molecule has 0 saturated carbocycles. The number of aromatic nitrogens is 2. The minimum atomic E-state index is -0.444. The third-order valence-electron chi connectivity index (χ3n) is 6.34. The van der Waals surface area contributed by atoms with Crippen molar-refractivity contribution in [1.29, 1.82) is 0 Å². The number of ether oxygens (including phenoxy) is 3. The van der Waals surface area contributed by atoms with E-state index in [0.717, 1.165) is 16.9 Å². The minimum absolute atomic E-state index is 0.00433. The molecule has 1 aliphatic rings. The highest BCUT2D eigenvalue weighted by Gasteiger charge is 2.19. The second-order valence-electron chi connectivity index (χ2n) is 9.02. The van der Waals surface area contributed by atoms with Gasteiger partial charge in [0.1, 0.15) is 5.75 Å². The SMILES string of the molecule is COc1ccc(CNC(=O)CCCn2c(SCc3cccc([N+](=O)[O-])c3)nc3cc4c(cc3c2=O)OCO4)cc1. The van der Waals surface area contributed by atoms with Crippen LogP contribution in [-0.2, 0) is 23.6 Å². The van der Waals surface area contributed by atoms with E-state index in [2.05, 4.69) is 5.32 Å². The molecule has 0 spiro atoms. The van der Waals surface area contributed by atoms with E-state index in [9.17, 15) is 19.7 Å². The third-order valence-corrected chi connectivity index (χ3v) is 7.38. The van der Waals surface area contributed by atoms with Gasteiger partial charge in [-0.25, -0.2) is 4.98 Å². The molecule has 1 aliphatic heterocycles. The maximum Gasteiger partial charge on any atom is 0.269 e. The number of hydrogen-bond acceptors (Lipinski definition) is 9. The number of rotatable bonds is 11. The largest absolute Gasteiger partial charge is 0.497 e.